The van der Waals surface area contributed by atoms with Gasteiger partial charge in [-0.05, 0) is 42.3 Å². The predicted octanol–water partition coefficient (Wildman–Crippen LogP) is 2.63. The van der Waals surface area contributed by atoms with Gasteiger partial charge in [-0.25, -0.2) is 5.43 Å². The van der Waals surface area contributed by atoms with Crippen LogP contribution < -0.4 is 15.5 Å². The summed E-state index contributed by atoms with van der Waals surface area (Å²) in [6, 6.07) is 16.4. The number of carbonyl (C=O) groups is 2. The Morgan fingerprint density at radius 1 is 1.08 bits per heavy atom. The van der Waals surface area contributed by atoms with Crippen molar-refractivity contribution in [1.82, 2.24) is 10.7 Å². The topological polar surface area (TPSA) is 79.8 Å². The largest absolute Gasteiger partial charge is 0.497 e. The molecule has 0 unspecified atom stereocenters. The van der Waals surface area contributed by atoms with E-state index in [1.807, 2.05) is 43.3 Å². The minimum Gasteiger partial charge on any atom is -0.497 e. The lowest BCUT2D eigenvalue weighted by molar-refractivity contribution is -0.120. The summed E-state index contributed by atoms with van der Waals surface area (Å²) < 4.78 is 5.03. The van der Waals surface area contributed by atoms with Gasteiger partial charge in [0, 0.05) is 5.56 Å². The van der Waals surface area contributed by atoms with E-state index in [0.29, 0.717) is 11.3 Å². The lowest BCUT2D eigenvalue weighted by Gasteiger charge is -2.05. The van der Waals surface area contributed by atoms with Crippen LogP contribution in [0.5, 0.6) is 5.75 Å². The minimum atomic E-state index is -0.407. The summed E-state index contributed by atoms with van der Waals surface area (Å²) in [7, 11) is 1.55. The maximum absolute atomic E-state index is 12.0. The molecule has 0 saturated heterocycles. The van der Waals surface area contributed by atoms with Crippen LogP contribution in [0.1, 0.15) is 22.8 Å². The first-order chi connectivity index (χ1) is 12.6. The number of benzene rings is 2. The number of rotatable bonds is 7. The van der Waals surface area contributed by atoms with E-state index in [9.17, 15) is 9.59 Å². The lowest BCUT2D eigenvalue weighted by atomic mass is 10.1. The highest BCUT2D eigenvalue weighted by atomic mass is 16.5. The van der Waals surface area contributed by atoms with Gasteiger partial charge in [0.1, 0.15) is 5.75 Å². The number of nitrogens with one attached hydrogen (secondary N) is 2. The fourth-order valence-corrected chi connectivity index (χ4v) is 2.10. The molecular weight excluding hydrogens is 330 g/mol. The minimum absolute atomic E-state index is 0.163. The van der Waals surface area contributed by atoms with E-state index in [1.165, 1.54) is 0 Å². The number of nitrogens with zero attached hydrogens (tertiary/aromatic N) is 1. The molecule has 0 fully saturated rings. The molecule has 0 aliphatic heterocycles. The van der Waals surface area contributed by atoms with Gasteiger partial charge in [-0.2, -0.15) is 5.10 Å². The Bertz CT molecular complexity index is 797. The summed E-state index contributed by atoms with van der Waals surface area (Å²) in [5, 5.41) is 6.41. The quantitative estimate of drug-likeness (QED) is 0.594. The zero-order valence-corrected chi connectivity index (χ0v) is 14.7. The molecule has 2 rings (SSSR count). The van der Waals surface area contributed by atoms with Gasteiger partial charge >= 0.3 is 0 Å². The third-order valence-electron chi connectivity index (χ3n) is 3.41. The number of carbonyl (C=O) groups excluding carboxylic acids is 2. The average molecular weight is 351 g/mol. The summed E-state index contributed by atoms with van der Waals surface area (Å²) in [5.41, 5.74) is 4.77. The number of methoxy groups -OCH3 is 1. The van der Waals surface area contributed by atoms with Crippen LogP contribution in [0.2, 0.25) is 0 Å². The van der Waals surface area contributed by atoms with Gasteiger partial charge in [0.2, 0.25) is 0 Å². The first kappa shape index (κ1) is 18.9. The second-order valence-electron chi connectivity index (χ2n) is 5.50. The van der Waals surface area contributed by atoms with Gasteiger partial charge in [0.05, 0.1) is 19.9 Å². The first-order valence-corrected chi connectivity index (χ1v) is 8.06. The van der Waals surface area contributed by atoms with E-state index in [-0.39, 0.29) is 12.5 Å². The van der Waals surface area contributed by atoms with Gasteiger partial charge in [0.15, 0.2) is 0 Å². The third-order valence-corrected chi connectivity index (χ3v) is 3.41. The maximum atomic E-state index is 12.0. The molecule has 6 heteroatoms. The Labute approximate surface area is 152 Å². The van der Waals surface area contributed by atoms with Gasteiger partial charge in [-0.15, -0.1) is 0 Å². The number of hydrogen-bond acceptors (Lipinski definition) is 4. The molecule has 26 heavy (non-hydrogen) atoms. The van der Waals surface area contributed by atoms with Crippen molar-refractivity contribution < 1.29 is 14.3 Å². The fraction of sp³-hybridized carbons (Fsp3) is 0.150. The second kappa shape index (κ2) is 9.78. The monoisotopic (exact) mass is 351 g/mol. The molecule has 0 bridgehead atoms. The van der Waals surface area contributed by atoms with Crippen molar-refractivity contribution in [3.63, 3.8) is 0 Å². The van der Waals surface area contributed by atoms with Crippen molar-refractivity contribution in [3.05, 3.63) is 71.3 Å². The number of ether oxygens (including phenoxy) is 1. The third kappa shape index (κ3) is 6.24. The zero-order chi connectivity index (χ0) is 18.8. The Balaban J connectivity index is 1.77. The van der Waals surface area contributed by atoms with E-state index < -0.39 is 5.91 Å². The summed E-state index contributed by atoms with van der Waals surface area (Å²) >= 11 is 0. The zero-order valence-electron chi connectivity index (χ0n) is 14.7. The van der Waals surface area contributed by atoms with Crippen LogP contribution in [0.15, 0.2) is 65.3 Å². The Kier molecular flexibility index (Phi) is 7.12. The normalized spacial score (nSPS) is 11.2. The van der Waals surface area contributed by atoms with E-state index in [0.717, 1.165) is 11.1 Å². The highest BCUT2D eigenvalue weighted by molar-refractivity contribution is 5.96. The van der Waals surface area contributed by atoms with Crippen LogP contribution in [-0.2, 0) is 4.79 Å². The summed E-state index contributed by atoms with van der Waals surface area (Å²) in [6.07, 6.45) is 3.50. The lowest BCUT2D eigenvalue weighted by Crippen LogP contribution is -2.34. The SMILES string of the molecule is COc1ccc(C(=O)NCC(=O)N/N=C/C(C)=C\c2ccccc2)cc1. The van der Waals surface area contributed by atoms with E-state index in [1.54, 1.807) is 37.6 Å². The van der Waals surface area contributed by atoms with Gasteiger partial charge in [0.25, 0.3) is 11.8 Å². The van der Waals surface area contributed by atoms with Crippen molar-refractivity contribution in [2.24, 2.45) is 5.10 Å². The average Bonchev–Trinajstić information content (AvgIpc) is 2.67. The second-order valence-corrected chi connectivity index (χ2v) is 5.50. The van der Waals surface area contributed by atoms with Crippen molar-refractivity contribution in [2.45, 2.75) is 6.92 Å². The number of hydrazone groups is 1. The molecule has 0 aromatic heterocycles. The van der Waals surface area contributed by atoms with Crippen molar-refractivity contribution in [1.29, 1.82) is 0 Å². The van der Waals surface area contributed by atoms with Crippen LogP contribution >= 0.6 is 0 Å². The van der Waals surface area contributed by atoms with E-state index >= 15 is 0 Å². The molecule has 6 nitrogen and oxygen atoms in total. The smallest absolute Gasteiger partial charge is 0.259 e. The van der Waals surface area contributed by atoms with Gasteiger partial charge in [-0.1, -0.05) is 36.4 Å². The molecule has 134 valence electrons. The molecule has 2 N–H and O–H groups in total. The van der Waals surface area contributed by atoms with Crippen LogP contribution in [0.4, 0.5) is 0 Å². The molecule has 2 aromatic carbocycles. The summed E-state index contributed by atoms with van der Waals surface area (Å²) in [6.45, 7) is 1.72. The molecule has 0 aliphatic rings. The van der Waals surface area contributed by atoms with E-state index in [2.05, 4.69) is 15.8 Å². The molecule has 0 atom stereocenters. The molecule has 0 radical (unpaired) electrons. The Morgan fingerprint density at radius 2 is 1.77 bits per heavy atom. The van der Waals surface area contributed by atoms with Crippen molar-refractivity contribution in [3.8, 4) is 5.75 Å². The molecule has 0 spiro atoms. The first-order valence-electron chi connectivity index (χ1n) is 8.06. The van der Waals surface area contributed by atoms with Crippen molar-refractivity contribution >= 4 is 24.1 Å². The number of allylic oxidation sites excluding steroid dienone is 1. The summed E-state index contributed by atoms with van der Waals surface area (Å²) in [4.78, 5) is 23.7. The van der Waals surface area contributed by atoms with Crippen LogP contribution in [0.25, 0.3) is 6.08 Å². The van der Waals surface area contributed by atoms with Crippen LogP contribution in [-0.4, -0.2) is 31.7 Å². The van der Waals surface area contributed by atoms with Gasteiger partial charge < -0.3 is 10.1 Å². The van der Waals surface area contributed by atoms with Gasteiger partial charge in [-0.3, -0.25) is 9.59 Å². The maximum Gasteiger partial charge on any atom is 0.259 e. The molecule has 0 saturated carbocycles. The standard InChI is InChI=1S/C20H21N3O3/c1-15(12-16-6-4-3-5-7-16)13-22-23-19(24)14-21-20(25)17-8-10-18(26-2)11-9-17/h3-13H,14H2,1-2H3,(H,21,25)(H,23,24)/b15-12-,22-13+. The molecule has 0 aliphatic carbocycles. The Morgan fingerprint density at radius 3 is 2.42 bits per heavy atom. The molecule has 0 heterocycles. The number of amides is 2. The van der Waals surface area contributed by atoms with Crippen LogP contribution in [0, 0.1) is 0 Å². The Hall–Kier alpha value is -3.41. The van der Waals surface area contributed by atoms with Crippen molar-refractivity contribution in [2.75, 3.05) is 13.7 Å². The summed E-state index contributed by atoms with van der Waals surface area (Å²) in [5.74, 6) is -0.0879. The molecule has 2 aromatic rings. The van der Waals surface area contributed by atoms with Crippen LogP contribution in [0.3, 0.4) is 0 Å². The van der Waals surface area contributed by atoms with E-state index in [4.69, 9.17) is 4.74 Å². The number of hydrogen-bond donors (Lipinski definition) is 2. The highest BCUT2D eigenvalue weighted by Gasteiger charge is 2.07. The molecular formula is C20H21N3O3. The molecule has 2 amide bonds. The highest BCUT2D eigenvalue weighted by Crippen LogP contribution is 2.10. The predicted molar refractivity (Wildman–Crippen MR) is 102 cm³/mol. The fourth-order valence-electron chi connectivity index (χ4n) is 2.10.